The standard InChI is InChI=1S/C27H35FN6O3/c1-3-12-33-25(36)23-17-21(30-34(23)18-27(33,2)26(37)29-19-8-4-5-9-19)24(35)32-15-13-31(14-16-32)22-11-7-6-10-20(22)28/h6-7,10-11,17,19H,3-5,8-9,12-16,18H2,1-2H3,(H,29,37). The average molecular weight is 511 g/mol. The molecule has 1 aromatic heterocycles. The summed E-state index contributed by atoms with van der Waals surface area (Å²) in [6.07, 6.45) is 4.83. The highest BCUT2D eigenvalue weighted by atomic mass is 19.1. The summed E-state index contributed by atoms with van der Waals surface area (Å²) in [4.78, 5) is 45.5. The van der Waals surface area contributed by atoms with Crippen LogP contribution in [-0.2, 0) is 11.3 Å². The van der Waals surface area contributed by atoms with Crippen molar-refractivity contribution in [2.75, 3.05) is 37.6 Å². The van der Waals surface area contributed by atoms with Gasteiger partial charge in [-0.3, -0.25) is 19.1 Å². The van der Waals surface area contributed by atoms with Crippen molar-refractivity contribution in [3.05, 3.63) is 47.5 Å². The highest BCUT2D eigenvalue weighted by Crippen LogP contribution is 2.29. The van der Waals surface area contributed by atoms with E-state index in [9.17, 15) is 18.8 Å². The molecule has 3 heterocycles. The Morgan fingerprint density at radius 1 is 1.14 bits per heavy atom. The highest BCUT2D eigenvalue weighted by Gasteiger charge is 2.48. The maximum atomic E-state index is 14.2. The number of nitrogens with zero attached hydrogens (tertiary/aromatic N) is 5. The first-order valence-electron chi connectivity index (χ1n) is 13.3. The second-order valence-electron chi connectivity index (χ2n) is 10.5. The molecule has 198 valence electrons. The monoisotopic (exact) mass is 510 g/mol. The zero-order chi connectivity index (χ0) is 26.2. The summed E-state index contributed by atoms with van der Waals surface area (Å²) in [5, 5.41) is 7.65. The van der Waals surface area contributed by atoms with Crippen molar-refractivity contribution in [2.24, 2.45) is 0 Å². The Bertz CT molecular complexity index is 1180. The molecule has 3 amide bonds. The van der Waals surface area contributed by atoms with Gasteiger partial charge in [-0.25, -0.2) is 4.39 Å². The number of carbonyl (C=O) groups is 3. The largest absolute Gasteiger partial charge is 0.366 e. The number of hydrogen-bond donors (Lipinski definition) is 1. The Morgan fingerprint density at radius 3 is 2.51 bits per heavy atom. The lowest BCUT2D eigenvalue weighted by atomic mass is 9.94. The fourth-order valence-corrected chi connectivity index (χ4v) is 5.75. The molecule has 2 aromatic rings. The van der Waals surface area contributed by atoms with E-state index >= 15 is 0 Å². The number of nitrogens with one attached hydrogen (secondary N) is 1. The molecule has 9 nitrogen and oxygen atoms in total. The first-order chi connectivity index (χ1) is 17.8. The van der Waals surface area contributed by atoms with Crippen LogP contribution < -0.4 is 10.2 Å². The third kappa shape index (κ3) is 4.69. The fraction of sp³-hybridized carbons (Fsp3) is 0.556. The molecule has 1 saturated heterocycles. The SMILES string of the molecule is CCCN1C(=O)c2cc(C(=O)N3CCN(c4ccccc4F)CC3)nn2CC1(C)C(=O)NC1CCCC1. The molecule has 2 fully saturated rings. The Balaban J connectivity index is 1.32. The lowest BCUT2D eigenvalue weighted by molar-refractivity contribution is -0.133. The number of hydrogen-bond acceptors (Lipinski definition) is 5. The van der Waals surface area contributed by atoms with E-state index in [-0.39, 0.29) is 41.8 Å². The van der Waals surface area contributed by atoms with Crippen molar-refractivity contribution in [2.45, 2.75) is 64.1 Å². The number of amides is 3. The lowest BCUT2D eigenvalue weighted by Gasteiger charge is -2.43. The second-order valence-corrected chi connectivity index (χ2v) is 10.5. The van der Waals surface area contributed by atoms with Crippen molar-refractivity contribution < 1.29 is 18.8 Å². The number of fused-ring (bicyclic) bond motifs is 1. The normalized spacial score (nSPS) is 22.4. The molecule has 0 spiro atoms. The van der Waals surface area contributed by atoms with Crippen LogP contribution in [-0.4, -0.2) is 81.6 Å². The van der Waals surface area contributed by atoms with Crippen molar-refractivity contribution in [1.29, 1.82) is 0 Å². The summed E-state index contributed by atoms with van der Waals surface area (Å²) >= 11 is 0. The molecule has 1 saturated carbocycles. The second kappa shape index (κ2) is 10.1. The van der Waals surface area contributed by atoms with Crippen molar-refractivity contribution >= 4 is 23.4 Å². The molecule has 1 unspecified atom stereocenters. The molecule has 0 bridgehead atoms. The number of carbonyl (C=O) groups excluding carboxylic acids is 3. The minimum Gasteiger partial charge on any atom is -0.366 e. The van der Waals surface area contributed by atoms with Gasteiger partial charge in [-0.1, -0.05) is 31.9 Å². The molecule has 5 rings (SSSR count). The van der Waals surface area contributed by atoms with Crippen LogP contribution in [0.15, 0.2) is 30.3 Å². The van der Waals surface area contributed by atoms with Gasteiger partial charge < -0.3 is 20.0 Å². The molecule has 3 aliphatic rings. The van der Waals surface area contributed by atoms with Crippen molar-refractivity contribution in [3.8, 4) is 0 Å². The van der Waals surface area contributed by atoms with Crippen LogP contribution in [0, 0.1) is 5.82 Å². The van der Waals surface area contributed by atoms with Crippen LogP contribution in [0.25, 0.3) is 0 Å². The first-order valence-corrected chi connectivity index (χ1v) is 13.3. The first kappa shape index (κ1) is 25.2. The molecule has 1 aliphatic carbocycles. The summed E-state index contributed by atoms with van der Waals surface area (Å²) < 4.78 is 15.7. The summed E-state index contributed by atoms with van der Waals surface area (Å²) in [7, 11) is 0. The third-order valence-corrected chi connectivity index (χ3v) is 7.90. The zero-order valence-electron chi connectivity index (χ0n) is 21.6. The van der Waals surface area contributed by atoms with Gasteiger partial charge in [-0.15, -0.1) is 0 Å². The van der Waals surface area contributed by atoms with Gasteiger partial charge in [0.15, 0.2) is 5.69 Å². The van der Waals surface area contributed by atoms with Crippen molar-refractivity contribution in [1.82, 2.24) is 24.9 Å². The van der Waals surface area contributed by atoms with Crippen LogP contribution in [0.3, 0.4) is 0 Å². The van der Waals surface area contributed by atoms with Gasteiger partial charge in [-0.2, -0.15) is 5.10 Å². The van der Waals surface area contributed by atoms with E-state index < -0.39 is 5.54 Å². The lowest BCUT2D eigenvalue weighted by Crippen LogP contribution is -2.65. The van der Waals surface area contributed by atoms with Gasteiger partial charge in [-0.05, 0) is 38.3 Å². The zero-order valence-corrected chi connectivity index (χ0v) is 21.6. The van der Waals surface area contributed by atoms with Gasteiger partial charge in [0.1, 0.15) is 17.1 Å². The summed E-state index contributed by atoms with van der Waals surface area (Å²) in [6.45, 7) is 6.26. The number of para-hydroxylation sites is 1. The maximum Gasteiger partial charge on any atom is 0.274 e. The predicted octanol–water partition coefficient (Wildman–Crippen LogP) is 2.67. The summed E-state index contributed by atoms with van der Waals surface area (Å²) in [5.74, 6) is -0.992. The van der Waals surface area contributed by atoms with E-state index in [0.717, 1.165) is 25.7 Å². The van der Waals surface area contributed by atoms with E-state index in [1.54, 1.807) is 41.0 Å². The molecular weight excluding hydrogens is 475 g/mol. The Morgan fingerprint density at radius 2 is 1.84 bits per heavy atom. The Kier molecular flexibility index (Phi) is 6.92. The number of halogens is 1. The topological polar surface area (TPSA) is 90.8 Å². The van der Waals surface area contributed by atoms with Gasteiger partial charge in [0, 0.05) is 44.8 Å². The van der Waals surface area contributed by atoms with Crippen LogP contribution in [0.2, 0.25) is 0 Å². The fourth-order valence-electron chi connectivity index (χ4n) is 5.75. The van der Waals surface area contributed by atoms with Crippen molar-refractivity contribution in [3.63, 3.8) is 0 Å². The number of benzene rings is 1. The van der Waals surface area contributed by atoms with E-state index in [2.05, 4.69) is 10.4 Å². The Labute approximate surface area is 216 Å². The minimum atomic E-state index is -1.08. The maximum absolute atomic E-state index is 14.2. The average Bonchev–Trinajstić information content (AvgIpc) is 3.56. The Hall–Kier alpha value is -3.43. The van der Waals surface area contributed by atoms with E-state index in [1.165, 1.54) is 10.7 Å². The van der Waals surface area contributed by atoms with Crippen LogP contribution in [0.4, 0.5) is 10.1 Å². The molecule has 1 atom stereocenters. The number of piperazine rings is 1. The molecule has 0 radical (unpaired) electrons. The third-order valence-electron chi connectivity index (χ3n) is 7.90. The summed E-state index contributed by atoms with van der Waals surface area (Å²) in [5.41, 5.74) is -0.0307. The number of anilines is 1. The van der Waals surface area contributed by atoms with Gasteiger partial charge in [0.05, 0.1) is 12.2 Å². The summed E-state index contributed by atoms with van der Waals surface area (Å²) in [6, 6.07) is 8.32. The van der Waals surface area contributed by atoms with Gasteiger partial charge in [0.2, 0.25) is 5.91 Å². The van der Waals surface area contributed by atoms with Crippen LogP contribution in [0.5, 0.6) is 0 Å². The van der Waals surface area contributed by atoms with Crippen LogP contribution >= 0.6 is 0 Å². The highest BCUT2D eigenvalue weighted by molar-refractivity contribution is 6.02. The quantitative estimate of drug-likeness (QED) is 0.645. The smallest absolute Gasteiger partial charge is 0.274 e. The van der Waals surface area contributed by atoms with Gasteiger partial charge >= 0.3 is 0 Å². The van der Waals surface area contributed by atoms with E-state index in [4.69, 9.17) is 0 Å². The van der Waals surface area contributed by atoms with E-state index in [1.807, 2.05) is 11.8 Å². The molecule has 37 heavy (non-hydrogen) atoms. The van der Waals surface area contributed by atoms with Crippen LogP contribution in [0.1, 0.15) is 66.9 Å². The molecule has 2 aliphatic heterocycles. The molecule has 1 N–H and O–H groups in total. The molecular formula is C27H35FN6O3. The molecule has 10 heteroatoms. The molecule has 1 aromatic carbocycles. The minimum absolute atomic E-state index is 0.141. The number of rotatable bonds is 6. The van der Waals surface area contributed by atoms with E-state index in [0.29, 0.717) is 50.5 Å². The van der Waals surface area contributed by atoms with Gasteiger partial charge in [0.25, 0.3) is 11.8 Å². The predicted molar refractivity (Wildman–Crippen MR) is 137 cm³/mol. The number of aromatic nitrogens is 2.